The summed E-state index contributed by atoms with van der Waals surface area (Å²) in [5, 5.41) is 0. The van der Waals surface area contributed by atoms with E-state index >= 15 is 0 Å². The number of hydrogen-bond acceptors (Lipinski definition) is 0. The summed E-state index contributed by atoms with van der Waals surface area (Å²) in [5.74, 6) is -3.19. The molecule has 7 heteroatoms. The van der Waals surface area contributed by atoms with Crippen molar-refractivity contribution in [1.82, 2.24) is 9.13 Å². The molecule has 4 rings (SSSR count). The van der Waals surface area contributed by atoms with Gasteiger partial charge in [0.05, 0.1) is 0 Å². The van der Waals surface area contributed by atoms with Gasteiger partial charge < -0.3 is 0 Å². The molecule has 0 atom stereocenters. The second-order valence-corrected chi connectivity index (χ2v) is 7.77. The summed E-state index contributed by atoms with van der Waals surface area (Å²) in [4.78, 5) is 0. The van der Waals surface area contributed by atoms with E-state index < -0.39 is 42.4 Å². The van der Waals surface area contributed by atoms with Crippen molar-refractivity contribution in [2.24, 2.45) is 0 Å². The van der Waals surface area contributed by atoms with Crippen molar-refractivity contribution in [3.8, 4) is 11.4 Å². The number of rotatable bonds is 4. The fourth-order valence-electron chi connectivity index (χ4n) is 2.83. The minimum atomic E-state index is -1.94. The van der Waals surface area contributed by atoms with Gasteiger partial charge in [-0.1, -0.05) is 0 Å². The molecule has 0 aliphatic carbocycles. The van der Waals surface area contributed by atoms with E-state index in [2.05, 4.69) is 0 Å². The van der Waals surface area contributed by atoms with E-state index in [4.69, 9.17) is 0 Å². The topological polar surface area (TPSA) is 9.86 Å². The number of benzene rings is 2. The van der Waals surface area contributed by atoms with Gasteiger partial charge in [0.15, 0.2) is 0 Å². The number of halogens is 4. The van der Waals surface area contributed by atoms with Gasteiger partial charge in [0, 0.05) is 0 Å². The van der Waals surface area contributed by atoms with Crippen LogP contribution in [0.15, 0.2) is 73.3 Å². The molecule has 2 heterocycles. The van der Waals surface area contributed by atoms with Crippen LogP contribution >= 0.6 is 0 Å². The van der Waals surface area contributed by atoms with E-state index in [1.165, 1.54) is 21.3 Å². The van der Waals surface area contributed by atoms with E-state index in [9.17, 15) is 17.6 Å². The molecule has 134 valence electrons. The zero-order valence-electron chi connectivity index (χ0n) is 13.8. The van der Waals surface area contributed by atoms with Gasteiger partial charge in [0.25, 0.3) is 0 Å². The first-order chi connectivity index (χ1) is 13.1. The molecule has 0 aliphatic heterocycles. The third-order valence-corrected chi connectivity index (χ3v) is 6.37. The Morgan fingerprint density at radius 2 is 0.926 bits per heavy atom. The standard InChI is InChI=1S/2C10H6F2N.Ti/c2*11-8-3-4-10(9(12)7-8)13-5-1-2-6-13;/h2*1-6H;. The molecule has 0 radical (unpaired) electrons. The zero-order valence-corrected chi connectivity index (χ0v) is 15.4. The predicted molar refractivity (Wildman–Crippen MR) is 90.6 cm³/mol. The van der Waals surface area contributed by atoms with Crippen LogP contribution in [0, 0.1) is 23.3 Å². The van der Waals surface area contributed by atoms with Crippen molar-refractivity contribution in [3.63, 3.8) is 0 Å². The van der Waals surface area contributed by atoms with Gasteiger partial charge in [-0.15, -0.1) is 0 Å². The van der Waals surface area contributed by atoms with Crippen LogP contribution in [0.3, 0.4) is 0 Å². The molecule has 0 aliphatic rings. The SMILES string of the molecule is Fc1ccc(-n2cccc2)c(F)[c]1[Ti][c]1c(F)ccc(-n2cccc2)c1F. The third kappa shape index (κ3) is 3.26. The Bertz CT molecular complexity index is 1000. The summed E-state index contributed by atoms with van der Waals surface area (Å²) in [5.41, 5.74) is 0.282. The number of nitrogens with zero attached hydrogens (tertiary/aromatic N) is 2. The molecule has 0 N–H and O–H groups in total. The summed E-state index contributed by atoms with van der Waals surface area (Å²) in [6, 6.07) is 11.7. The first-order valence-corrected chi connectivity index (χ1v) is 9.62. The van der Waals surface area contributed by atoms with Gasteiger partial charge in [-0.25, -0.2) is 0 Å². The maximum absolute atomic E-state index is 14.9. The number of hydrogen-bond donors (Lipinski definition) is 0. The zero-order chi connectivity index (χ0) is 19.0. The van der Waals surface area contributed by atoms with E-state index in [0.717, 1.165) is 12.1 Å². The third-order valence-electron chi connectivity index (χ3n) is 4.16. The second kappa shape index (κ2) is 7.21. The van der Waals surface area contributed by atoms with Crippen molar-refractivity contribution >= 4 is 7.74 Å². The van der Waals surface area contributed by atoms with Gasteiger partial charge in [-0.3, -0.25) is 0 Å². The molecule has 0 bridgehead atoms. The Balaban J connectivity index is 1.81. The van der Waals surface area contributed by atoms with Crippen LogP contribution in [0.1, 0.15) is 0 Å². The molecule has 2 aromatic carbocycles. The van der Waals surface area contributed by atoms with Crippen LogP contribution in [0.4, 0.5) is 17.6 Å². The van der Waals surface area contributed by atoms with Crippen LogP contribution in [0.5, 0.6) is 0 Å². The Labute approximate surface area is 161 Å². The van der Waals surface area contributed by atoms with Crippen molar-refractivity contribution in [1.29, 1.82) is 0 Å². The van der Waals surface area contributed by atoms with Crippen LogP contribution < -0.4 is 7.74 Å². The number of aromatic nitrogens is 2. The summed E-state index contributed by atoms with van der Waals surface area (Å²) in [7, 11) is 0. The quantitative estimate of drug-likeness (QED) is 0.361. The van der Waals surface area contributed by atoms with Gasteiger partial charge in [0.1, 0.15) is 0 Å². The normalized spacial score (nSPS) is 11.0. The summed E-state index contributed by atoms with van der Waals surface area (Å²) in [6.07, 6.45) is 6.48. The van der Waals surface area contributed by atoms with Crippen LogP contribution in [0.2, 0.25) is 0 Å². The van der Waals surface area contributed by atoms with Gasteiger partial charge >= 0.3 is 162 Å². The maximum atomic E-state index is 14.9. The van der Waals surface area contributed by atoms with Crippen molar-refractivity contribution in [3.05, 3.63) is 96.6 Å². The van der Waals surface area contributed by atoms with Gasteiger partial charge in [-0.2, -0.15) is 0 Å². The van der Waals surface area contributed by atoms with Crippen molar-refractivity contribution in [2.75, 3.05) is 0 Å². The van der Waals surface area contributed by atoms with Crippen LogP contribution in [-0.2, 0) is 19.2 Å². The fraction of sp³-hybridized carbons (Fsp3) is 0. The molecule has 0 saturated carbocycles. The Morgan fingerprint density at radius 1 is 0.556 bits per heavy atom. The molecule has 0 amide bonds. The average Bonchev–Trinajstić information content (AvgIpc) is 3.35. The van der Waals surface area contributed by atoms with Crippen LogP contribution in [0.25, 0.3) is 11.4 Å². The second-order valence-electron chi connectivity index (χ2n) is 5.82. The van der Waals surface area contributed by atoms with Gasteiger partial charge in [-0.05, 0) is 0 Å². The van der Waals surface area contributed by atoms with Crippen molar-refractivity contribution < 1.29 is 36.7 Å². The van der Waals surface area contributed by atoms with Crippen molar-refractivity contribution in [2.45, 2.75) is 0 Å². The Hall–Kier alpha value is -2.57. The van der Waals surface area contributed by atoms with E-state index in [0.29, 0.717) is 0 Å². The van der Waals surface area contributed by atoms with Gasteiger partial charge in [0.2, 0.25) is 0 Å². The summed E-state index contributed by atoms with van der Waals surface area (Å²) in [6.45, 7) is 0. The molecule has 4 aromatic rings. The molecule has 2 nitrogen and oxygen atoms in total. The Morgan fingerprint density at radius 3 is 1.30 bits per heavy atom. The monoisotopic (exact) mass is 404 g/mol. The molecule has 0 fully saturated rings. The molecule has 2 aromatic heterocycles. The average molecular weight is 404 g/mol. The van der Waals surface area contributed by atoms with E-state index in [1.807, 2.05) is 0 Å². The molecule has 27 heavy (non-hydrogen) atoms. The van der Waals surface area contributed by atoms with E-state index in [-0.39, 0.29) is 19.1 Å². The molecular formula is C20H12F4N2Ti. The molecule has 0 saturated heterocycles. The molecular weight excluding hydrogens is 392 g/mol. The first-order valence-electron chi connectivity index (χ1n) is 8.06. The first kappa shape index (κ1) is 17.8. The summed E-state index contributed by atoms with van der Waals surface area (Å²) >= 11 is -1.94. The fourth-order valence-corrected chi connectivity index (χ4v) is 4.59. The van der Waals surface area contributed by atoms with E-state index in [1.54, 1.807) is 49.1 Å². The minimum absolute atomic E-state index is 0.141. The molecule has 0 unspecified atom stereocenters. The Kier molecular flexibility index (Phi) is 4.76. The predicted octanol–water partition coefficient (Wildman–Crippen LogP) is 3.86. The summed E-state index contributed by atoms with van der Waals surface area (Å²) < 4.78 is 61.0. The molecule has 0 spiro atoms. The van der Waals surface area contributed by atoms with Crippen LogP contribution in [-0.4, -0.2) is 9.13 Å².